The van der Waals surface area contributed by atoms with Crippen molar-refractivity contribution in [3.05, 3.63) is 24.3 Å². The summed E-state index contributed by atoms with van der Waals surface area (Å²) >= 11 is 0. The van der Waals surface area contributed by atoms with Crippen LogP contribution in [0.2, 0.25) is 0 Å². The van der Waals surface area contributed by atoms with E-state index in [1.54, 1.807) is 10.4 Å². The number of halogens is 1. The van der Waals surface area contributed by atoms with E-state index in [0.717, 1.165) is 12.8 Å². The van der Waals surface area contributed by atoms with Crippen LogP contribution in [0.25, 0.3) is 10.9 Å². The lowest BCUT2D eigenvalue weighted by atomic mass is 10.1. The van der Waals surface area contributed by atoms with E-state index in [1.165, 1.54) is 19.5 Å². The second-order valence-electron chi connectivity index (χ2n) is 6.79. The van der Waals surface area contributed by atoms with Crippen molar-refractivity contribution in [2.45, 2.75) is 26.2 Å². The number of benzene rings is 1. The molecule has 1 N–H and O–H groups in total. The molecule has 27 heavy (non-hydrogen) atoms. The summed E-state index contributed by atoms with van der Waals surface area (Å²) in [5.41, 5.74) is 0.487. The molecule has 148 valence electrons. The Kier molecular flexibility index (Phi) is 6.11. The van der Waals surface area contributed by atoms with Gasteiger partial charge in [0.15, 0.2) is 11.6 Å². The quantitative estimate of drug-likeness (QED) is 0.738. The van der Waals surface area contributed by atoms with Crippen LogP contribution in [0.3, 0.4) is 0 Å². The zero-order valence-electron chi connectivity index (χ0n) is 15.6. The molecule has 1 aromatic carbocycles. The number of nitrogens with zero attached hydrogens (tertiary/aromatic N) is 3. The van der Waals surface area contributed by atoms with Crippen molar-refractivity contribution < 1.29 is 17.5 Å². The van der Waals surface area contributed by atoms with E-state index >= 15 is 0 Å². The van der Waals surface area contributed by atoms with E-state index in [9.17, 15) is 12.8 Å². The molecule has 1 aromatic heterocycles. The van der Waals surface area contributed by atoms with Crippen LogP contribution < -0.4 is 10.1 Å². The molecular weight excluding hydrogens is 371 g/mol. The molecule has 1 saturated heterocycles. The number of fused-ring (bicyclic) bond motifs is 1. The van der Waals surface area contributed by atoms with Crippen LogP contribution in [0.5, 0.6) is 5.75 Å². The number of rotatable bonds is 8. The minimum absolute atomic E-state index is 0.134. The fourth-order valence-corrected chi connectivity index (χ4v) is 5.00. The lowest BCUT2D eigenvalue weighted by Crippen LogP contribution is -2.31. The summed E-state index contributed by atoms with van der Waals surface area (Å²) in [6.45, 7) is 3.65. The summed E-state index contributed by atoms with van der Waals surface area (Å²) in [5.74, 6) is 0.665. The smallest absolute Gasteiger partial charge is 0.214 e. The molecule has 9 heteroatoms. The first-order chi connectivity index (χ1) is 12.9. The lowest BCUT2D eigenvalue weighted by molar-refractivity contribution is 0.387. The Morgan fingerprint density at radius 3 is 2.93 bits per heavy atom. The third-order valence-electron chi connectivity index (χ3n) is 4.86. The van der Waals surface area contributed by atoms with Gasteiger partial charge in [0.05, 0.1) is 18.4 Å². The van der Waals surface area contributed by atoms with E-state index in [1.807, 2.05) is 6.92 Å². The van der Waals surface area contributed by atoms with Gasteiger partial charge in [0.2, 0.25) is 10.0 Å². The topological polar surface area (TPSA) is 84.4 Å². The van der Waals surface area contributed by atoms with Crippen molar-refractivity contribution in [3.8, 4) is 5.75 Å². The molecule has 0 aliphatic carbocycles. The van der Waals surface area contributed by atoms with E-state index in [2.05, 4.69) is 15.3 Å². The minimum Gasteiger partial charge on any atom is -0.494 e. The number of ether oxygens (including phenoxy) is 1. The molecule has 1 unspecified atom stereocenters. The van der Waals surface area contributed by atoms with Gasteiger partial charge in [-0.2, -0.15) is 0 Å². The summed E-state index contributed by atoms with van der Waals surface area (Å²) in [6, 6.07) is 2.89. The van der Waals surface area contributed by atoms with Crippen LogP contribution in [0.4, 0.5) is 10.2 Å². The first-order valence-corrected chi connectivity index (χ1v) is 10.8. The maximum atomic E-state index is 13.9. The van der Waals surface area contributed by atoms with E-state index in [-0.39, 0.29) is 17.4 Å². The van der Waals surface area contributed by atoms with Gasteiger partial charge in [0.25, 0.3) is 0 Å². The highest BCUT2D eigenvalue weighted by atomic mass is 32.2. The predicted octanol–water partition coefficient (Wildman–Crippen LogP) is 2.64. The fourth-order valence-electron chi connectivity index (χ4n) is 3.27. The Hall–Kier alpha value is -2.00. The number of hydrogen-bond donors (Lipinski definition) is 1. The van der Waals surface area contributed by atoms with Crippen LogP contribution in [0.1, 0.15) is 26.2 Å². The van der Waals surface area contributed by atoms with E-state index in [4.69, 9.17) is 4.74 Å². The van der Waals surface area contributed by atoms with Crippen LogP contribution in [0.15, 0.2) is 18.5 Å². The monoisotopic (exact) mass is 396 g/mol. The highest BCUT2D eigenvalue weighted by Gasteiger charge is 2.30. The van der Waals surface area contributed by atoms with E-state index in [0.29, 0.717) is 42.8 Å². The molecule has 7 nitrogen and oxygen atoms in total. The molecule has 0 amide bonds. The lowest BCUT2D eigenvalue weighted by Gasteiger charge is -2.17. The molecule has 1 fully saturated rings. The molecule has 1 atom stereocenters. The Labute approximate surface area is 159 Å². The normalized spacial score (nSPS) is 18.1. The average molecular weight is 396 g/mol. The van der Waals surface area contributed by atoms with Gasteiger partial charge >= 0.3 is 0 Å². The average Bonchev–Trinajstić information content (AvgIpc) is 3.14. The van der Waals surface area contributed by atoms with E-state index < -0.39 is 15.8 Å². The molecule has 2 heterocycles. The van der Waals surface area contributed by atoms with Crippen LogP contribution in [-0.4, -0.2) is 55.2 Å². The number of hydrogen-bond acceptors (Lipinski definition) is 6. The summed E-state index contributed by atoms with van der Waals surface area (Å²) < 4.78 is 45.1. The van der Waals surface area contributed by atoms with Crippen LogP contribution >= 0.6 is 0 Å². The first kappa shape index (κ1) is 19.8. The molecule has 2 aromatic rings. The molecule has 0 radical (unpaired) electrons. The third-order valence-corrected chi connectivity index (χ3v) is 6.79. The third kappa shape index (κ3) is 4.47. The van der Waals surface area contributed by atoms with Crippen molar-refractivity contribution in [2.24, 2.45) is 5.92 Å². The number of anilines is 1. The maximum Gasteiger partial charge on any atom is 0.214 e. The van der Waals surface area contributed by atoms with Gasteiger partial charge in [-0.1, -0.05) is 13.3 Å². The van der Waals surface area contributed by atoms with Gasteiger partial charge in [-0.15, -0.1) is 0 Å². The minimum atomic E-state index is -3.16. The Morgan fingerprint density at radius 2 is 2.19 bits per heavy atom. The number of aromatic nitrogens is 2. The largest absolute Gasteiger partial charge is 0.494 e. The van der Waals surface area contributed by atoms with Crippen molar-refractivity contribution in [3.63, 3.8) is 0 Å². The molecule has 1 aliphatic rings. The molecular formula is C18H25FN4O3S. The van der Waals surface area contributed by atoms with Gasteiger partial charge in [-0.3, -0.25) is 0 Å². The number of unbranched alkanes of at least 4 members (excludes halogenated alkanes) is 1. The number of methoxy groups -OCH3 is 1. The number of nitrogens with one attached hydrogen (secondary N) is 1. The zero-order chi connectivity index (χ0) is 19.4. The summed E-state index contributed by atoms with van der Waals surface area (Å²) in [7, 11) is -1.75. The van der Waals surface area contributed by atoms with Crippen molar-refractivity contribution in [2.75, 3.05) is 37.8 Å². The van der Waals surface area contributed by atoms with Crippen molar-refractivity contribution in [1.29, 1.82) is 0 Å². The Morgan fingerprint density at radius 1 is 1.37 bits per heavy atom. The highest BCUT2D eigenvalue weighted by molar-refractivity contribution is 7.89. The maximum absolute atomic E-state index is 13.9. The van der Waals surface area contributed by atoms with Gasteiger partial charge in [-0.25, -0.2) is 27.1 Å². The van der Waals surface area contributed by atoms with Crippen molar-refractivity contribution in [1.82, 2.24) is 14.3 Å². The SMILES string of the molecule is CCCCS(=O)(=O)N1CCC(CNc2ncnc3cc(F)c(OC)cc23)C1. The molecule has 3 rings (SSSR count). The summed E-state index contributed by atoms with van der Waals surface area (Å²) in [6.07, 6.45) is 3.74. The van der Waals surface area contributed by atoms with Gasteiger partial charge in [0.1, 0.15) is 12.1 Å². The summed E-state index contributed by atoms with van der Waals surface area (Å²) in [5, 5.41) is 3.93. The molecule has 1 aliphatic heterocycles. The predicted molar refractivity (Wildman–Crippen MR) is 103 cm³/mol. The van der Waals surface area contributed by atoms with Gasteiger partial charge in [0, 0.05) is 31.1 Å². The molecule has 0 spiro atoms. The fraction of sp³-hybridized carbons (Fsp3) is 0.556. The van der Waals surface area contributed by atoms with Crippen molar-refractivity contribution >= 4 is 26.7 Å². The van der Waals surface area contributed by atoms with Gasteiger partial charge < -0.3 is 10.1 Å². The second kappa shape index (κ2) is 8.35. The van der Waals surface area contributed by atoms with Gasteiger partial charge in [-0.05, 0) is 24.8 Å². The number of sulfonamides is 1. The van der Waals surface area contributed by atoms with Crippen LogP contribution in [-0.2, 0) is 10.0 Å². The molecule has 0 bridgehead atoms. The Balaban J connectivity index is 1.67. The summed E-state index contributed by atoms with van der Waals surface area (Å²) in [4.78, 5) is 8.35. The zero-order valence-corrected chi connectivity index (χ0v) is 16.4. The highest BCUT2D eigenvalue weighted by Crippen LogP contribution is 2.28. The molecule has 0 saturated carbocycles. The first-order valence-electron chi connectivity index (χ1n) is 9.14. The standard InChI is InChI=1S/C18H25FN4O3S/c1-3-4-7-27(24,25)23-6-5-13(11-23)10-20-18-14-8-17(26-2)15(19)9-16(14)21-12-22-18/h8-9,12-13H,3-7,10-11H2,1-2H3,(H,20,21,22). The Bertz CT molecular complexity index is 907. The second-order valence-corrected chi connectivity index (χ2v) is 8.88. The van der Waals surface area contributed by atoms with Crippen LogP contribution in [0, 0.1) is 11.7 Å².